The van der Waals surface area contributed by atoms with Gasteiger partial charge in [-0.25, -0.2) is 0 Å². The lowest BCUT2D eigenvalue weighted by Crippen LogP contribution is -2.61. The third-order valence-electron chi connectivity index (χ3n) is 3.68. The summed E-state index contributed by atoms with van der Waals surface area (Å²) >= 11 is 5.13. The van der Waals surface area contributed by atoms with Crippen LogP contribution in [0.1, 0.15) is 23.3 Å². The van der Waals surface area contributed by atoms with Crippen LogP contribution in [-0.4, -0.2) is 46.5 Å². The van der Waals surface area contributed by atoms with Crippen molar-refractivity contribution >= 4 is 23.1 Å². The second-order valence-corrected chi connectivity index (χ2v) is 5.57. The van der Waals surface area contributed by atoms with Gasteiger partial charge in [-0.1, -0.05) is 18.3 Å². The van der Waals surface area contributed by atoms with Crippen molar-refractivity contribution in [3.05, 3.63) is 34.2 Å². The number of likely N-dealkylation sites (tertiary alicyclic amines) is 1. The van der Waals surface area contributed by atoms with E-state index in [1.54, 1.807) is 6.07 Å². The predicted molar refractivity (Wildman–Crippen MR) is 80.8 cm³/mol. The van der Waals surface area contributed by atoms with Crippen molar-refractivity contribution in [2.45, 2.75) is 18.4 Å². The number of amides is 1. The zero-order chi connectivity index (χ0) is 14.8. The van der Waals surface area contributed by atoms with Gasteiger partial charge in [0.15, 0.2) is 0 Å². The highest BCUT2D eigenvalue weighted by Gasteiger charge is 2.38. The summed E-state index contributed by atoms with van der Waals surface area (Å²) in [6, 6.07) is 4.45. The van der Waals surface area contributed by atoms with Gasteiger partial charge in [-0.15, -0.1) is 0 Å². The summed E-state index contributed by atoms with van der Waals surface area (Å²) in [7, 11) is 2.01. The Balaban J connectivity index is 2.19. The Morgan fingerprint density at radius 3 is 2.65 bits per heavy atom. The molecule has 2 heterocycles. The minimum absolute atomic E-state index is 0.215. The van der Waals surface area contributed by atoms with E-state index in [0.717, 1.165) is 13.1 Å². The standard InChI is InChI=1S/C13H18N4O2S/c1-17-7-5-13(6-8-17,12(14)20)16-11(19)9-3-2-4-10(18)15-9/h2-4H,5-8H2,1H3,(H2,14,20)(H,15,18)(H,16,19). The fourth-order valence-corrected chi connectivity index (χ4v) is 2.55. The summed E-state index contributed by atoms with van der Waals surface area (Å²) in [5.74, 6) is -0.361. The van der Waals surface area contributed by atoms with Crippen molar-refractivity contribution < 1.29 is 4.79 Å². The van der Waals surface area contributed by atoms with Crippen molar-refractivity contribution in [3.63, 3.8) is 0 Å². The van der Waals surface area contributed by atoms with Gasteiger partial charge >= 0.3 is 0 Å². The van der Waals surface area contributed by atoms with Crippen LogP contribution < -0.4 is 16.6 Å². The van der Waals surface area contributed by atoms with Gasteiger partial charge in [-0.3, -0.25) is 9.59 Å². The summed E-state index contributed by atoms with van der Waals surface area (Å²) in [6.45, 7) is 1.62. The van der Waals surface area contributed by atoms with E-state index in [1.807, 2.05) is 7.05 Å². The number of H-pyrrole nitrogens is 1. The SMILES string of the molecule is CN1CCC(NC(=O)c2cccc(=O)[nH]2)(C(N)=S)CC1. The Morgan fingerprint density at radius 1 is 1.45 bits per heavy atom. The minimum atomic E-state index is -0.675. The Bertz CT molecular complexity index is 576. The quantitative estimate of drug-likeness (QED) is 0.675. The molecule has 0 unspecified atom stereocenters. The number of rotatable bonds is 3. The van der Waals surface area contributed by atoms with E-state index in [0.29, 0.717) is 12.8 Å². The third kappa shape index (κ3) is 3.05. The molecular formula is C13H18N4O2S. The number of carbonyl (C=O) groups excluding carboxylic acids is 1. The van der Waals surface area contributed by atoms with Crippen molar-refractivity contribution in [1.82, 2.24) is 15.2 Å². The van der Waals surface area contributed by atoms with E-state index >= 15 is 0 Å². The molecule has 0 aromatic carbocycles. The fraction of sp³-hybridized carbons (Fsp3) is 0.462. The summed E-state index contributed by atoms with van der Waals surface area (Å²) in [5, 5.41) is 2.89. The number of aromatic nitrogens is 1. The number of nitrogens with one attached hydrogen (secondary N) is 2. The minimum Gasteiger partial charge on any atom is -0.391 e. The van der Waals surface area contributed by atoms with E-state index in [4.69, 9.17) is 18.0 Å². The molecule has 0 spiro atoms. The van der Waals surface area contributed by atoms with Crippen molar-refractivity contribution in [2.24, 2.45) is 5.73 Å². The normalized spacial score (nSPS) is 18.4. The third-order valence-corrected chi connectivity index (χ3v) is 4.07. The first-order valence-corrected chi connectivity index (χ1v) is 6.84. The number of piperidine rings is 1. The Kier molecular flexibility index (Phi) is 4.20. The zero-order valence-corrected chi connectivity index (χ0v) is 12.1. The highest BCUT2D eigenvalue weighted by molar-refractivity contribution is 7.80. The maximum atomic E-state index is 12.2. The number of hydrogen-bond donors (Lipinski definition) is 3. The molecule has 1 saturated heterocycles. The molecule has 0 bridgehead atoms. The molecular weight excluding hydrogens is 276 g/mol. The van der Waals surface area contributed by atoms with Gasteiger partial charge in [0.1, 0.15) is 5.69 Å². The summed E-state index contributed by atoms with van der Waals surface area (Å²) < 4.78 is 0. The number of thiocarbonyl (C=S) groups is 1. The van der Waals surface area contributed by atoms with Gasteiger partial charge in [0, 0.05) is 19.2 Å². The molecule has 0 saturated carbocycles. The number of nitrogens with zero attached hydrogens (tertiary/aromatic N) is 1. The Labute approximate surface area is 122 Å². The summed E-state index contributed by atoms with van der Waals surface area (Å²) in [5.41, 5.74) is 5.06. The highest BCUT2D eigenvalue weighted by atomic mass is 32.1. The van der Waals surface area contributed by atoms with Crippen molar-refractivity contribution in [2.75, 3.05) is 20.1 Å². The molecule has 2 rings (SSSR count). The van der Waals surface area contributed by atoms with Crippen LogP contribution in [0.4, 0.5) is 0 Å². The van der Waals surface area contributed by atoms with Gasteiger partial charge in [0.25, 0.3) is 5.91 Å². The van der Waals surface area contributed by atoms with Crippen LogP contribution in [0.25, 0.3) is 0 Å². The second kappa shape index (κ2) is 5.72. The van der Waals surface area contributed by atoms with Gasteiger partial charge in [-0.05, 0) is 26.0 Å². The molecule has 1 aliphatic heterocycles. The van der Waals surface area contributed by atoms with Crippen LogP contribution in [0.15, 0.2) is 23.0 Å². The lowest BCUT2D eigenvalue weighted by atomic mass is 9.87. The van der Waals surface area contributed by atoms with Gasteiger partial charge in [0.2, 0.25) is 5.56 Å². The van der Waals surface area contributed by atoms with E-state index < -0.39 is 5.54 Å². The highest BCUT2D eigenvalue weighted by Crippen LogP contribution is 2.22. The fourth-order valence-electron chi connectivity index (χ4n) is 2.30. The van der Waals surface area contributed by atoms with Gasteiger partial charge in [0.05, 0.1) is 10.5 Å². The zero-order valence-electron chi connectivity index (χ0n) is 11.3. The maximum absolute atomic E-state index is 12.2. The number of aromatic amines is 1. The lowest BCUT2D eigenvalue weighted by molar-refractivity contribution is 0.0885. The molecule has 0 aliphatic carbocycles. The van der Waals surface area contributed by atoms with Crippen molar-refractivity contribution in [3.8, 4) is 0 Å². The van der Waals surface area contributed by atoms with Gasteiger partial charge in [-0.2, -0.15) is 0 Å². The molecule has 6 nitrogen and oxygen atoms in total. The molecule has 1 aromatic heterocycles. The van der Waals surface area contributed by atoms with E-state index in [-0.39, 0.29) is 22.1 Å². The Morgan fingerprint density at radius 2 is 2.10 bits per heavy atom. The van der Waals surface area contributed by atoms with E-state index in [1.165, 1.54) is 12.1 Å². The van der Waals surface area contributed by atoms with Crippen LogP contribution in [0.2, 0.25) is 0 Å². The molecule has 7 heteroatoms. The van der Waals surface area contributed by atoms with Crippen molar-refractivity contribution in [1.29, 1.82) is 0 Å². The predicted octanol–water partition coefficient (Wildman–Crippen LogP) is -0.145. The van der Waals surface area contributed by atoms with Crippen LogP contribution in [-0.2, 0) is 0 Å². The largest absolute Gasteiger partial charge is 0.391 e. The Hall–Kier alpha value is -1.73. The molecule has 1 aromatic rings. The monoisotopic (exact) mass is 294 g/mol. The van der Waals surface area contributed by atoms with Crippen LogP contribution >= 0.6 is 12.2 Å². The first kappa shape index (κ1) is 14.7. The molecule has 0 radical (unpaired) electrons. The van der Waals surface area contributed by atoms with Crippen LogP contribution in [0.5, 0.6) is 0 Å². The average Bonchev–Trinajstić information content (AvgIpc) is 2.41. The number of hydrogen-bond acceptors (Lipinski definition) is 4. The molecule has 1 aliphatic rings. The topological polar surface area (TPSA) is 91.2 Å². The molecule has 108 valence electrons. The van der Waals surface area contributed by atoms with Crippen LogP contribution in [0, 0.1) is 0 Å². The summed E-state index contributed by atoms with van der Waals surface area (Å²) in [6.07, 6.45) is 1.34. The first-order chi connectivity index (χ1) is 9.43. The number of carbonyl (C=O) groups is 1. The molecule has 0 atom stereocenters. The lowest BCUT2D eigenvalue weighted by Gasteiger charge is -2.40. The number of pyridine rings is 1. The molecule has 1 amide bonds. The first-order valence-electron chi connectivity index (χ1n) is 6.43. The number of nitrogens with two attached hydrogens (primary N) is 1. The maximum Gasteiger partial charge on any atom is 0.268 e. The van der Waals surface area contributed by atoms with Crippen LogP contribution in [0.3, 0.4) is 0 Å². The molecule has 1 fully saturated rings. The molecule has 20 heavy (non-hydrogen) atoms. The molecule has 4 N–H and O–H groups in total. The van der Waals surface area contributed by atoms with Gasteiger partial charge < -0.3 is 20.9 Å². The average molecular weight is 294 g/mol. The smallest absolute Gasteiger partial charge is 0.268 e. The van der Waals surface area contributed by atoms with E-state index in [2.05, 4.69) is 15.2 Å². The summed E-state index contributed by atoms with van der Waals surface area (Å²) in [4.78, 5) is 28.4. The second-order valence-electron chi connectivity index (χ2n) is 5.13. The van der Waals surface area contributed by atoms with E-state index in [9.17, 15) is 9.59 Å².